The fourth-order valence-corrected chi connectivity index (χ4v) is 4.44. The van der Waals surface area contributed by atoms with Crippen molar-refractivity contribution in [1.29, 1.82) is 0 Å². The highest BCUT2D eigenvalue weighted by molar-refractivity contribution is 5.81. The van der Waals surface area contributed by atoms with Gasteiger partial charge in [-0.25, -0.2) is 4.39 Å². The van der Waals surface area contributed by atoms with Crippen LogP contribution in [0, 0.1) is 11.7 Å². The molecular weight excluding hydrogens is 357 g/mol. The van der Waals surface area contributed by atoms with Gasteiger partial charge in [-0.2, -0.15) is 0 Å². The van der Waals surface area contributed by atoms with Gasteiger partial charge in [0.2, 0.25) is 11.8 Å². The molecule has 2 amide bonds. The van der Waals surface area contributed by atoms with E-state index < -0.39 is 0 Å². The van der Waals surface area contributed by atoms with Crippen LogP contribution in [0.1, 0.15) is 44.1 Å². The summed E-state index contributed by atoms with van der Waals surface area (Å²) in [6, 6.07) is 7.19. The van der Waals surface area contributed by atoms with E-state index in [9.17, 15) is 14.0 Å². The quantitative estimate of drug-likeness (QED) is 0.754. The van der Waals surface area contributed by atoms with Crippen molar-refractivity contribution in [3.05, 3.63) is 35.6 Å². The largest absolute Gasteiger partial charge is 0.342 e. The van der Waals surface area contributed by atoms with Crippen LogP contribution in [0.2, 0.25) is 0 Å². The molecule has 0 bridgehead atoms. The molecule has 4 rings (SSSR count). The van der Waals surface area contributed by atoms with Gasteiger partial charge in [-0.15, -0.1) is 0 Å². The van der Waals surface area contributed by atoms with Gasteiger partial charge in [-0.1, -0.05) is 18.2 Å². The fourth-order valence-electron chi connectivity index (χ4n) is 4.44. The topological polar surface area (TPSA) is 43.9 Å². The van der Waals surface area contributed by atoms with Crippen LogP contribution in [0.3, 0.4) is 0 Å². The lowest BCUT2D eigenvalue weighted by atomic mass is 9.95. The highest BCUT2D eigenvalue weighted by Gasteiger charge is 2.34. The minimum Gasteiger partial charge on any atom is -0.342 e. The fraction of sp³-hybridized carbons (Fsp3) is 0.636. The van der Waals surface area contributed by atoms with Crippen molar-refractivity contribution in [2.24, 2.45) is 5.92 Å². The molecule has 152 valence electrons. The third-order valence-electron chi connectivity index (χ3n) is 6.35. The van der Waals surface area contributed by atoms with Gasteiger partial charge in [0.25, 0.3) is 0 Å². The maximum Gasteiger partial charge on any atom is 0.236 e. The molecule has 1 aromatic rings. The van der Waals surface area contributed by atoms with Crippen LogP contribution >= 0.6 is 0 Å². The molecule has 28 heavy (non-hydrogen) atoms. The van der Waals surface area contributed by atoms with Gasteiger partial charge in [0.1, 0.15) is 5.82 Å². The smallest absolute Gasteiger partial charge is 0.236 e. The second-order valence-corrected chi connectivity index (χ2v) is 8.42. The molecule has 0 spiro atoms. The van der Waals surface area contributed by atoms with Crippen molar-refractivity contribution in [3.63, 3.8) is 0 Å². The lowest BCUT2D eigenvalue weighted by Crippen LogP contribution is -2.47. The Morgan fingerprint density at radius 3 is 2.29 bits per heavy atom. The Kier molecular flexibility index (Phi) is 5.95. The summed E-state index contributed by atoms with van der Waals surface area (Å²) in [7, 11) is 0. The van der Waals surface area contributed by atoms with Crippen molar-refractivity contribution >= 4 is 11.8 Å². The molecule has 1 saturated carbocycles. The normalized spacial score (nSPS) is 20.8. The molecule has 0 aromatic heterocycles. The Morgan fingerprint density at radius 1 is 0.964 bits per heavy atom. The van der Waals surface area contributed by atoms with Crippen molar-refractivity contribution in [2.45, 2.75) is 51.1 Å². The lowest BCUT2D eigenvalue weighted by molar-refractivity contribution is -0.140. The van der Waals surface area contributed by atoms with Crippen LogP contribution < -0.4 is 0 Å². The summed E-state index contributed by atoms with van der Waals surface area (Å²) in [5.41, 5.74) is 0.650. The Hall–Kier alpha value is -1.95. The van der Waals surface area contributed by atoms with Crippen LogP contribution in [-0.4, -0.2) is 65.3 Å². The van der Waals surface area contributed by atoms with E-state index in [2.05, 4.69) is 4.90 Å². The second kappa shape index (κ2) is 8.60. The van der Waals surface area contributed by atoms with Crippen LogP contribution in [0.4, 0.5) is 4.39 Å². The number of likely N-dealkylation sites (tertiary alicyclic amines) is 2. The first-order chi connectivity index (χ1) is 13.6. The van der Waals surface area contributed by atoms with Crippen molar-refractivity contribution < 1.29 is 14.0 Å². The molecule has 2 heterocycles. The molecule has 0 N–H and O–H groups in total. The van der Waals surface area contributed by atoms with Crippen LogP contribution in [-0.2, 0) is 16.1 Å². The van der Waals surface area contributed by atoms with Gasteiger partial charge >= 0.3 is 0 Å². The Morgan fingerprint density at radius 2 is 1.64 bits per heavy atom. The third-order valence-corrected chi connectivity index (χ3v) is 6.35. The van der Waals surface area contributed by atoms with Gasteiger partial charge in [0.15, 0.2) is 0 Å². The SMILES string of the molecule is O=C(CN(Cc1ccccc1F)C1CC1)N1CCC(C(=O)N2CCCC2)CC1. The minimum absolute atomic E-state index is 0.0695. The van der Waals surface area contributed by atoms with Crippen molar-refractivity contribution in [2.75, 3.05) is 32.7 Å². The van der Waals surface area contributed by atoms with Crippen LogP contribution in [0.5, 0.6) is 0 Å². The third kappa shape index (κ3) is 4.54. The first-order valence-corrected chi connectivity index (χ1v) is 10.7. The number of nitrogens with zero attached hydrogens (tertiary/aromatic N) is 3. The molecule has 1 aliphatic carbocycles. The number of piperidine rings is 1. The second-order valence-electron chi connectivity index (χ2n) is 8.42. The van der Waals surface area contributed by atoms with E-state index in [4.69, 9.17) is 0 Å². The molecule has 3 fully saturated rings. The number of amides is 2. The minimum atomic E-state index is -0.207. The Bertz CT molecular complexity index is 707. The number of rotatable bonds is 6. The van der Waals surface area contributed by atoms with E-state index in [1.807, 2.05) is 15.9 Å². The molecule has 0 unspecified atom stereocenters. The highest BCUT2D eigenvalue weighted by atomic mass is 19.1. The van der Waals surface area contributed by atoms with Crippen LogP contribution in [0.15, 0.2) is 24.3 Å². The number of carbonyl (C=O) groups is 2. The van der Waals surface area contributed by atoms with E-state index in [-0.39, 0.29) is 23.5 Å². The monoisotopic (exact) mass is 387 g/mol. The van der Waals surface area contributed by atoms with Gasteiger partial charge in [-0.05, 0) is 44.6 Å². The molecule has 6 heteroatoms. The van der Waals surface area contributed by atoms with E-state index >= 15 is 0 Å². The van der Waals surface area contributed by atoms with E-state index in [0.29, 0.717) is 37.8 Å². The van der Waals surface area contributed by atoms with Crippen LogP contribution in [0.25, 0.3) is 0 Å². The maximum atomic E-state index is 14.0. The molecule has 0 atom stereocenters. The molecule has 3 aliphatic rings. The van der Waals surface area contributed by atoms with Gasteiger partial charge in [0.05, 0.1) is 6.54 Å². The number of hydrogen-bond donors (Lipinski definition) is 0. The van der Waals surface area contributed by atoms with Gasteiger partial charge in [-0.3, -0.25) is 14.5 Å². The van der Waals surface area contributed by atoms with E-state index in [0.717, 1.165) is 51.6 Å². The lowest BCUT2D eigenvalue weighted by Gasteiger charge is -2.34. The predicted molar refractivity (Wildman–Crippen MR) is 105 cm³/mol. The molecule has 5 nitrogen and oxygen atoms in total. The maximum absolute atomic E-state index is 14.0. The summed E-state index contributed by atoms with van der Waals surface area (Å²) >= 11 is 0. The van der Waals surface area contributed by atoms with Gasteiger partial charge in [0, 0.05) is 50.2 Å². The summed E-state index contributed by atoms with van der Waals surface area (Å²) in [5, 5.41) is 0. The standard InChI is InChI=1S/C22H30FN3O2/c23-20-6-2-1-5-18(20)15-26(19-7-8-19)16-21(27)24-13-9-17(10-14-24)22(28)25-11-3-4-12-25/h1-2,5-6,17,19H,3-4,7-16H2. The van der Waals surface area contributed by atoms with Gasteiger partial charge < -0.3 is 9.80 Å². The number of benzene rings is 1. The predicted octanol–water partition coefficient (Wildman–Crippen LogP) is 2.65. The number of hydrogen-bond acceptors (Lipinski definition) is 3. The van der Waals surface area contributed by atoms with Crippen molar-refractivity contribution in [1.82, 2.24) is 14.7 Å². The molecule has 2 saturated heterocycles. The summed E-state index contributed by atoms with van der Waals surface area (Å²) in [4.78, 5) is 31.4. The molecule has 0 radical (unpaired) electrons. The molecule has 2 aliphatic heterocycles. The first kappa shape index (κ1) is 19.4. The Balaban J connectivity index is 1.29. The molecular formula is C22H30FN3O2. The summed E-state index contributed by atoms with van der Waals surface area (Å²) in [6.45, 7) is 3.91. The average Bonchev–Trinajstić information content (AvgIpc) is 3.42. The number of carbonyl (C=O) groups excluding carboxylic acids is 2. The zero-order valence-corrected chi connectivity index (χ0v) is 16.5. The molecule has 1 aromatic carbocycles. The average molecular weight is 387 g/mol. The summed E-state index contributed by atoms with van der Waals surface area (Å²) in [5.74, 6) is 0.251. The van der Waals surface area contributed by atoms with E-state index in [1.54, 1.807) is 12.1 Å². The first-order valence-electron chi connectivity index (χ1n) is 10.7. The highest BCUT2D eigenvalue weighted by Crippen LogP contribution is 2.29. The zero-order valence-electron chi connectivity index (χ0n) is 16.5. The summed E-state index contributed by atoms with van der Waals surface area (Å²) in [6.07, 6.45) is 5.90. The van der Waals surface area contributed by atoms with E-state index in [1.165, 1.54) is 6.07 Å². The zero-order chi connectivity index (χ0) is 19.5. The van der Waals surface area contributed by atoms with Crippen molar-refractivity contribution in [3.8, 4) is 0 Å². The summed E-state index contributed by atoms with van der Waals surface area (Å²) < 4.78 is 14.0. The number of halogens is 1. The Labute approximate surface area is 166 Å².